The highest BCUT2D eigenvalue weighted by atomic mass is 16.5. The van der Waals surface area contributed by atoms with Crippen molar-refractivity contribution in [1.29, 1.82) is 0 Å². The Kier molecular flexibility index (Phi) is 12.6. The van der Waals surface area contributed by atoms with Crippen LogP contribution in [-0.2, 0) is 28.7 Å². The Balaban J connectivity index is 3.71. The number of ether oxygens (including phenoxy) is 2. The number of Topliss-reactive ketones (excluding diaryl/α,β-unsaturated/α-hetero) is 2. The van der Waals surface area contributed by atoms with Gasteiger partial charge in [0.1, 0.15) is 12.4 Å². The SMILES string of the molecule is CCC(=O)NCCOCCOCC(=O)C[C@@H](CCC(=O)O)C(C)=O. The number of rotatable bonds is 15. The van der Waals surface area contributed by atoms with Crippen LogP contribution in [0.5, 0.6) is 0 Å². The van der Waals surface area contributed by atoms with Crippen molar-refractivity contribution < 1.29 is 33.8 Å². The summed E-state index contributed by atoms with van der Waals surface area (Å²) in [5.41, 5.74) is 0. The summed E-state index contributed by atoms with van der Waals surface area (Å²) in [6, 6.07) is 0. The van der Waals surface area contributed by atoms with Gasteiger partial charge in [-0.1, -0.05) is 6.92 Å². The number of amides is 1. The van der Waals surface area contributed by atoms with Crippen LogP contribution < -0.4 is 5.32 Å². The largest absolute Gasteiger partial charge is 0.481 e. The fraction of sp³-hybridized carbons (Fsp3) is 0.750. The van der Waals surface area contributed by atoms with Gasteiger partial charge in [0, 0.05) is 31.7 Å². The van der Waals surface area contributed by atoms with Gasteiger partial charge in [-0.15, -0.1) is 0 Å². The number of hydrogen-bond acceptors (Lipinski definition) is 6. The molecule has 8 nitrogen and oxygen atoms in total. The van der Waals surface area contributed by atoms with Crippen LogP contribution in [0.25, 0.3) is 0 Å². The zero-order valence-electron chi connectivity index (χ0n) is 14.3. The molecule has 0 bridgehead atoms. The van der Waals surface area contributed by atoms with Crippen molar-refractivity contribution in [2.75, 3.05) is 33.0 Å². The minimum absolute atomic E-state index is 0.00742. The molecule has 0 spiro atoms. The van der Waals surface area contributed by atoms with Gasteiger partial charge in [-0.05, 0) is 13.3 Å². The minimum Gasteiger partial charge on any atom is -0.481 e. The van der Waals surface area contributed by atoms with Crippen LogP contribution in [0.2, 0.25) is 0 Å². The molecule has 0 aromatic heterocycles. The molecule has 0 heterocycles. The molecule has 0 unspecified atom stereocenters. The summed E-state index contributed by atoms with van der Waals surface area (Å²) in [5.74, 6) is -2.03. The van der Waals surface area contributed by atoms with Crippen molar-refractivity contribution >= 4 is 23.4 Å². The van der Waals surface area contributed by atoms with E-state index >= 15 is 0 Å². The maximum absolute atomic E-state index is 11.7. The quantitative estimate of drug-likeness (QED) is 0.417. The predicted octanol–water partition coefficient (Wildman–Crippen LogP) is 0.575. The second-order valence-corrected chi connectivity index (χ2v) is 5.35. The third kappa shape index (κ3) is 12.7. The molecule has 2 N–H and O–H groups in total. The van der Waals surface area contributed by atoms with Gasteiger partial charge in [0.15, 0.2) is 5.78 Å². The lowest BCUT2D eigenvalue weighted by molar-refractivity contribution is -0.138. The number of hydrogen-bond donors (Lipinski definition) is 2. The van der Waals surface area contributed by atoms with Gasteiger partial charge < -0.3 is 19.9 Å². The Bertz CT molecular complexity index is 423. The maximum Gasteiger partial charge on any atom is 0.303 e. The van der Waals surface area contributed by atoms with Crippen LogP contribution in [0.4, 0.5) is 0 Å². The molecule has 0 aliphatic rings. The third-order valence-electron chi connectivity index (χ3n) is 3.28. The van der Waals surface area contributed by atoms with Crippen LogP contribution in [0.1, 0.15) is 39.5 Å². The number of carbonyl (C=O) groups excluding carboxylic acids is 3. The smallest absolute Gasteiger partial charge is 0.303 e. The second kappa shape index (κ2) is 13.6. The molecule has 24 heavy (non-hydrogen) atoms. The number of carbonyl (C=O) groups is 4. The first-order valence-electron chi connectivity index (χ1n) is 8.02. The van der Waals surface area contributed by atoms with E-state index in [0.717, 1.165) is 0 Å². The molecule has 0 saturated carbocycles. The summed E-state index contributed by atoms with van der Waals surface area (Å²) < 4.78 is 10.4. The number of carboxylic acids is 1. The van der Waals surface area contributed by atoms with Crippen molar-refractivity contribution in [2.45, 2.75) is 39.5 Å². The van der Waals surface area contributed by atoms with Crippen LogP contribution in [0.3, 0.4) is 0 Å². The van der Waals surface area contributed by atoms with Crippen LogP contribution in [-0.4, -0.2) is 61.5 Å². The van der Waals surface area contributed by atoms with Gasteiger partial charge in [-0.3, -0.25) is 19.2 Å². The fourth-order valence-corrected chi connectivity index (χ4v) is 1.87. The van der Waals surface area contributed by atoms with Crippen molar-refractivity contribution in [3.63, 3.8) is 0 Å². The maximum atomic E-state index is 11.7. The highest BCUT2D eigenvalue weighted by Gasteiger charge is 2.19. The van der Waals surface area contributed by atoms with E-state index < -0.39 is 11.9 Å². The molecule has 0 radical (unpaired) electrons. The molecule has 0 aliphatic carbocycles. The zero-order valence-corrected chi connectivity index (χ0v) is 14.3. The Morgan fingerprint density at radius 3 is 2.33 bits per heavy atom. The summed E-state index contributed by atoms with van der Waals surface area (Å²) in [4.78, 5) is 44.6. The van der Waals surface area contributed by atoms with Crippen molar-refractivity contribution in [2.24, 2.45) is 5.92 Å². The van der Waals surface area contributed by atoms with Crippen molar-refractivity contribution in [1.82, 2.24) is 5.32 Å². The van der Waals surface area contributed by atoms with Crippen LogP contribution in [0.15, 0.2) is 0 Å². The summed E-state index contributed by atoms with van der Waals surface area (Å²) in [5, 5.41) is 11.3. The van der Waals surface area contributed by atoms with Gasteiger partial charge in [-0.25, -0.2) is 0 Å². The summed E-state index contributed by atoms with van der Waals surface area (Å²) in [6.45, 7) is 4.30. The van der Waals surface area contributed by atoms with Gasteiger partial charge >= 0.3 is 5.97 Å². The van der Waals surface area contributed by atoms with Gasteiger partial charge in [-0.2, -0.15) is 0 Å². The fourth-order valence-electron chi connectivity index (χ4n) is 1.87. The molecule has 1 atom stereocenters. The lowest BCUT2D eigenvalue weighted by atomic mass is 9.93. The summed E-state index contributed by atoms with van der Waals surface area (Å²) in [6.07, 6.45) is 0.440. The predicted molar refractivity (Wildman–Crippen MR) is 85.6 cm³/mol. The Morgan fingerprint density at radius 2 is 1.75 bits per heavy atom. The first-order valence-corrected chi connectivity index (χ1v) is 8.02. The topological polar surface area (TPSA) is 119 Å². The first-order chi connectivity index (χ1) is 11.4. The molecular weight excluding hydrogens is 318 g/mol. The number of carboxylic acid groups (broad SMARTS) is 1. The molecule has 1 amide bonds. The van der Waals surface area contributed by atoms with Crippen molar-refractivity contribution in [3.8, 4) is 0 Å². The lowest BCUT2D eigenvalue weighted by Crippen LogP contribution is -2.26. The number of nitrogens with one attached hydrogen (secondary N) is 1. The number of aliphatic carboxylic acids is 1. The molecule has 0 fully saturated rings. The standard InChI is InChI=1S/C16H27NO7/c1-3-15(20)17-6-7-23-8-9-24-11-14(19)10-13(12(2)18)4-5-16(21)22/h13H,3-11H2,1-2H3,(H,17,20)(H,21,22)/t13-/m1/s1. The Labute approximate surface area is 141 Å². The summed E-state index contributed by atoms with van der Waals surface area (Å²) in [7, 11) is 0. The monoisotopic (exact) mass is 345 g/mol. The van der Waals surface area contributed by atoms with Crippen LogP contribution in [0, 0.1) is 5.92 Å². The highest BCUT2D eigenvalue weighted by molar-refractivity contribution is 5.87. The molecule has 138 valence electrons. The second-order valence-electron chi connectivity index (χ2n) is 5.35. The van der Waals surface area contributed by atoms with Gasteiger partial charge in [0.25, 0.3) is 0 Å². The average molecular weight is 345 g/mol. The van der Waals surface area contributed by atoms with E-state index in [1.54, 1.807) is 6.92 Å². The van der Waals surface area contributed by atoms with E-state index in [9.17, 15) is 19.2 Å². The first kappa shape index (κ1) is 22.2. The molecule has 8 heteroatoms. The van der Waals surface area contributed by atoms with Crippen LogP contribution >= 0.6 is 0 Å². The normalized spacial score (nSPS) is 11.8. The summed E-state index contributed by atoms with van der Waals surface area (Å²) >= 11 is 0. The highest BCUT2D eigenvalue weighted by Crippen LogP contribution is 2.13. The third-order valence-corrected chi connectivity index (χ3v) is 3.28. The zero-order chi connectivity index (χ0) is 18.4. The Hall–Kier alpha value is -1.80. The molecule has 0 aromatic carbocycles. The van der Waals surface area contributed by atoms with Crippen molar-refractivity contribution in [3.05, 3.63) is 0 Å². The van der Waals surface area contributed by atoms with Gasteiger partial charge in [0.2, 0.25) is 5.91 Å². The van der Waals surface area contributed by atoms with E-state index in [2.05, 4.69) is 5.32 Å². The van der Waals surface area contributed by atoms with E-state index in [1.165, 1.54) is 6.92 Å². The lowest BCUT2D eigenvalue weighted by Gasteiger charge is -2.12. The van der Waals surface area contributed by atoms with E-state index in [-0.39, 0.29) is 49.9 Å². The Morgan fingerprint density at radius 1 is 1.08 bits per heavy atom. The minimum atomic E-state index is -0.989. The number of ketones is 2. The molecule has 0 aromatic rings. The molecule has 0 saturated heterocycles. The molecule has 0 aliphatic heterocycles. The van der Waals surface area contributed by atoms with E-state index in [1.807, 2.05) is 0 Å². The van der Waals surface area contributed by atoms with E-state index in [4.69, 9.17) is 14.6 Å². The van der Waals surface area contributed by atoms with E-state index in [0.29, 0.717) is 26.2 Å². The van der Waals surface area contributed by atoms with Gasteiger partial charge in [0.05, 0.1) is 19.8 Å². The molecular formula is C16H27NO7. The average Bonchev–Trinajstić information content (AvgIpc) is 2.52. The molecule has 0 rings (SSSR count).